The van der Waals surface area contributed by atoms with Crippen LogP contribution in [0.15, 0.2) is 12.1 Å². The molecule has 0 heterocycles. The van der Waals surface area contributed by atoms with Gasteiger partial charge in [-0.2, -0.15) is 0 Å². The summed E-state index contributed by atoms with van der Waals surface area (Å²) in [5.74, 6) is 1.63. The molecular weight excluding hydrogens is 236 g/mol. The van der Waals surface area contributed by atoms with Crippen LogP contribution in [0.1, 0.15) is 11.6 Å². The minimum Gasteiger partial charge on any atom is -0.496 e. The standard InChI is InChI=1S/C12H20N2O4/c1-16-9-5-11(18-3)10(17-2)4-7(9)12(14)8(13)6-15/h4-5,8,12,15H,6,13-14H2,1-3H3. The predicted octanol–water partition coefficient (Wildman–Crippen LogP) is 0.0318. The van der Waals surface area contributed by atoms with Crippen LogP contribution in [-0.4, -0.2) is 39.1 Å². The smallest absolute Gasteiger partial charge is 0.164 e. The molecule has 0 aromatic heterocycles. The number of aliphatic hydroxyl groups is 1. The highest BCUT2D eigenvalue weighted by Crippen LogP contribution is 2.37. The second-order valence-corrected chi connectivity index (χ2v) is 3.82. The van der Waals surface area contributed by atoms with Gasteiger partial charge in [-0.05, 0) is 6.07 Å². The van der Waals surface area contributed by atoms with Crippen LogP contribution in [0, 0.1) is 0 Å². The quantitative estimate of drug-likeness (QED) is 0.664. The molecule has 1 aromatic rings. The Labute approximate surface area is 106 Å². The number of hydrogen-bond acceptors (Lipinski definition) is 6. The van der Waals surface area contributed by atoms with Crippen LogP contribution in [0.4, 0.5) is 0 Å². The van der Waals surface area contributed by atoms with E-state index in [4.69, 9.17) is 30.8 Å². The highest BCUT2D eigenvalue weighted by molar-refractivity contribution is 5.52. The number of nitrogens with two attached hydrogens (primary N) is 2. The Balaban J connectivity index is 3.24. The van der Waals surface area contributed by atoms with Gasteiger partial charge in [-0.3, -0.25) is 0 Å². The molecule has 0 saturated heterocycles. The number of ether oxygens (including phenoxy) is 3. The maximum atomic E-state index is 9.06. The number of aliphatic hydroxyl groups excluding tert-OH is 1. The fourth-order valence-corrected chi connectivity index (χ4v) is 1.66. The average molecular weight is 256 g/mol. The summed E-state index contributed by atoms with van der Waals surface area (Å²) in [7, 11) is 4.60. The lowest BCUT2D eigenvalue weighted by molar-refractivity contribution is 0.248. The third kappa shape index (κ3) is 2.84. The first-order chi connectivity index (χ1) is 8.58. The molecule has 0 bridgehead atoms. The summed E-state index contributed by atoms with van der Waals surface area (Å²) in [4.78, 5) is 0. The first kappa shape index (κ1) is 14.6. The summed E-state index contributed by atoms with van der Waals surface area (Å²) in [6.07, 6.45) is 0. The highest BCUT2D eigenvalue weighted by Gasteiger charge is 2.21. The maximum absolute atomic E-state index is 9.06. The van der Waals surface area contributed by atoms with E-state index in [1.807, 2.05) is 0 Å². The van der Waals surface area contributed by atoms with Crippen LogP contribution < -0.4 is 25.7 Å². The summed E-state index contributed by atoms with van der Waals surface area (Å²) < 4.78 is 15.6. The fourth-order valence-electron chi connectivity index (χ4n) is 1.66. The largest absolute Gasteiger partial charge is 0.496 e. The molecule has 0 amide bonds. The molecule has 0 aliphatic rings. The van der Waals surface area contributed by atoms with Crippen molar-refractivity contribution in [1.29, 1.82) is 0 Å². The van der Waals surface area contributed by atoms with E-state index in [0.29, 0.717) is 22.8 Å². The third-order valence-corrected chi connectivity index (χ3v) is 2.77. The van der Waals surface area contributed by atoms with Crippen molar-refractivity contribution in [3.05, 3.63) is 17.7 Å². The third-order valence-electron chi connectivity index (χ3n) is 2.77. The van der Waals surface area contributed by atoms with Crippen molar-refractivity contribution in [1.82, 2.24) is 0 Å². The molecule has 0 radical (unpaired) electrons. The van der Waals surface area contributed by atoms with E-state index in [0.717, 1.165) is 0 Å². The van der Waals surface area contributed by atoms with Crippen molar-refractivity contribution in [3.8, 4) is 17.2 Å². The zero-order valence-electron chi connectivity index (χ0n) is 10.8. The molecular formula is C12H20N2O4. The Morgan fingerprint density at radius 1 is 1.00 bits per heavy atom. The van der Waals surface area contributed by atoms with Gasteiger partial charge in [0, 0.05) is 17.7 Å². The van der Waals surface area contributed by atoms with Crippen molar-refractivity contribution >= 4 is 0 Å². The van der Waals surface area contributed by atoms with Crippen LogP contribution in [0.3, 0.4) is 0 Å². The van der Waals surface area contributed by atoms with E-state index < -0.39 is 12.1 Å². The molecule has 18 heavy (non-hydrogen) atoms. The van der Waals surface area contributed by atoms with Gasteiger partial charge in [-0.1, -0.05) is 0 Å². The first-order valence-corrected chi connectivity index (χ1v) is 5.50. The van der Waals surface area contributed by atoms with E-state index in [9.17, 15) is 0 Å². The summed E-state index contributed by atoms with van der Waals surface area (Å²) >= 11 is 0. The summed E-state index contributed by atoms with van der Waals surface area (Å²) in [5.41, 5.74) is 12.4. The van der Waals surface area contributed by atoms with Crippen LogP contribution in [-0.2, 0) is 0 Å². The Kier molecular flexibility index (Phi) is 5.21. The Morgan fingerprint density at radius 3 is 1.94 bits per heavy atom. The minimum atomic E-state index is -0.572. The topological polar surface area (TPSA) is 100.0 Å². The zero-order chi connectivity index (χ0) is 13.7. The molecule has 2 atom stereocenters. The van der Waals surface area contributed by atoms with Gasteiger partial charge in [0.15, 0.2) is 11.5 Å². The second-order valence-electron chi connectivity index (χ2n) is 3.82. The molecule has 1 aromatic carbocycles. The maximum Gasteiger partial charge on any atom is 0.164 e. The summed E-state index contributed by atoms with van der Waals surface area (Å²) in [5, 5.41) is 9.06. The van der Waals surface area contributed by atoms with Crippen LogP contribution in [0.25, 0.3) is 0 Å². The molecule has 5 N–H and O–H groups in total. The molecule has 1 rings (SSSR count). The van der Waals surface area contributed by atoms with Crippen molar-refractivity contribution in [3.63, 3.8) is 0 Å². The molecule has 6 heteroatoms. The SMILES string of the molecule is COc1cc(OC)c(C(N)C(N)CO)cc1OC. The molecule has 0 spiro atoms. The Morgan fingerprint density at radius 2 is 1.50 bits per heavy atom. The number of benzene rings is 1. The van der Waals surface area contributed by atoms with E-state index in [2.05, 4.69) is 0 Å². The lowest BCUT2D eigenvalue weighted by Crippen LogP contribution is -2.37. The van der Waals surface area contributed by atoms with E-state index >= 15 is 0 Å². The lowest BCUT2D eigenvalue weighted by Gasteiger charge is -2.22. The van der Waals surface area contributed by atoms with Gasteiger partial charge < -0.3 is 30.8 Å². The van der Waals surface area contributed by atoms with Crippen molar-refractivity contribution in [2.45, 2.75) is 12.1 Å². The summed E-state index contributed by atoms with van der Waals surface area (Å²) in [6.45, 7) is -0.210. The number of methoxy groups -OCH3 is 3. The van der Waals surface area contributed by atoms with Gasteiger partial charge in [0.1, 0.15) is 5.75 Å². The van der Waals surface area contributed by atoms with Gasteiger partial charge in [-0.15, -0.1) is 0 Å². The fraction of sp³-hybridized carbons (Fsp3) is 0.500. The molecule has 2 unspecified atom stereocenters. The van der Waals surface area contributed by atoms with Gasteiger partial charge in [0.05, 0.1) is 34.0 Å². The average Bonchev–Trinajstić information content (AvgIpc) is 2.43. The molecule has 0 saturated carbocycles. The normalized spacial score (nSPS) is 13.9. The highest BCUT2D eigenvalue weighted by atomic mass is 16.5. The van der Waals surface area contributed by atoms with Crippen molar-refractivity contribution in [2.75, 3.05) is 27.9 Å². The van der Waals surface area contributed by atoms with Gasteiger partial charge in [0.25, 0.3) is 0 Å². The lowest BCUT2D eigenvalue weighted by atomic mass is 9.99. The van der Waals surface area contributed by atoms with Gasteiger partial charge in [0.2, 0.25) is 0 Å². The second kappa shape index (κ2) is 6.44. The van der Waals surface area contributed by atoms with E-state index in [1.165, 1.54) is 21.3 Å². The van der Waals surface area contributed by atoms with Crippen molar-refractivity contribution in [2.24, 2.45) is 11.5 Å². The summed E-state index contributed by atoms with van der Waals surface area (Å²) in [6, 6.07) is 2.26. The molecule has 6 nitrogen and oxygen atoms in total. The first-order valence-electron chi connectivity index (χ1n) is 5.50. The number of rotatable bonds is 6. The van der Waals surface area contributed by atoms with Crippen LogP contribution in [0.2, 0.25) is 0 Å². The Hall–Kier alpha value is -1.50. The Bertz CT molecular complexity index is 398. The van der Waals surface area contributed by atoms with Crippen molar-refractivity contribution < 1.29 is 19.3 Å². The number of hydrogen-bond donors (Lipinski definition) is 3. The van der Waals surface area contributed by atoms with Crippen LogP contribution >= 0.6 is 0 Å². The van der Waals surface area contributed by atoms with Gasteiger partial charge in [-0.25, -0.2) is 0 Å². The molecule has 102 valence electrons. The van der Waals surface area contributed by atoms with Gasteiger partial charge >= 0.3 is 0 Å². The molecule has 0 aliphatic heterocycles. The van der Waals surface area contributed by atoms with Crippen LogP contribution in [0.5, 0.6) is 17.2 Å². The van der Waals surface area contributed by atoms with E-state index in [-0.39, 0.29) is 6.61 Å². The zero-order valence-corrected chi connectivity index (χ0v) is 10.8. The molecule has 0 fully saturated rings. The monoisotopic (exact) mass is 256 g/mol. The van der Waals surface area contributed by atoms with E-state index in [1.54, 1.807) is 12.1 Å². The minimum absolute atomic E-state index is 0.210. The predicted molar refractivity (Wildman–Crippen MR) is 68.1 cm³/mol. The molecule has 0 aliphatic carbocycles.